The minimum absolute atomic E-state index is 0.0708. The molecule has 0 spiro atoms. The molecule has 21 heavy (non-hydrogen) atoms. The van der Waals surface area contributed by atoms with E-state index in [4.69, 9.17) is 0 Å². The highest BCUT2D eigenvalue weighted by Crippen LogP contribution is 2.24. The summed E-state index contributed by atoms with van der Waals surface area (Å²) in [7, 11) is -3.44. The largest absolute Gasteiger partial charge is 0.312 e. The lowest BCUT2D eigenvalue weighted by molar-refractivity contribution is 0.230. The van der Waals surface area contributed by atoms with Crippen molar-refractivity contribution in [3.8, 4) is 0 Å². The molecule has 0 bridgehead atoms. The highest BCUT2D eigenvalue weighted by Gasteiger charge is 2.36. The van der Waals surface area contributed by atoms with Crippen molar-refractivity contribution in [1.29, 1.82) is 0 Å². The van der Waals surface area contributed by atoms with Gasteiger partial charge in [0.15, 0.2) is 0 Å². The third kappa shape index (κ3) is 4.39. The Labute approximate surface area is 128 Å². The number of nitrogens with zero attached hydrogens (tertiary/aromatic N) is 2. The van der Waals surface area contributed by atoms with Crippen molar-refractivity contribution in [3.05, 3.63) is 25.3 Å². The molecule has 1 unspecified atom stereocenters. The van der Waals surface area contributed by atoms with Gasteiger partial charge < -0.3 is 5.32 Å². The van der Waals surface area contributed by atoms with Crippen molar-refractivity contribution < 1.29 is 8.42 Å². The van der Waals surface area contributed by atoms with Gasteiger partial charge in [0.25, 0.3) is 10.2 Å². The second-order valence-corrected chi connectivity index (χ2v) is 7.73. The summed E-state index contributed by atoms with van der Waals surface area (Å²) < 4.78 is 28.9. The quantitative estimate of drug-likeness (QED) is 0.657. The van der Waals surface area contributed by atoms with Crippen LogP contribution in [0.2, 0.25) is 0 Å². The second-order valence-electron chi connectivity index (χ2n) is 5.84. The van der Waals surface area contributed by atoms with Crippen LogP contribution in [0.25, 0.3) is 0 Å². The summed E-state index contributed by atoms with van der Waals surface area (Å²) in [6, 6.07) is 0.676. The number of hydrogen-bond donors (Lipinski definition) is 1. The standard InChI is InChI=1S/C15H27N3O2S/c1-3-10-17(11-4-2)21(19,20)18-12-6-5-7-15(18)13-16-14-8-9-14/h3-4,14-16H,1-2,5-13H2. The van der Waals surface area contributed by atoms with E-state index >= 15 is 0 Å². The zero-order chi connectivity index (χ0) is 15.3. The molecule has 0 aromatic heterocycles. The number of nitrogens with one attached hydrogen (secondary N) is 1. The van der Waals surface area contributed by atoms with E-state index in [-0.39, 0.29) is 6.04 Å². The van der Waals surface area contributed by atoms with Crippen LogP contribution in [0.1, 0.15) is 32.1 Å². The highest BCUT2D eigenvalue weighted by molar-refractivity contribution is 7.86. The van der Waals surface area contributed by atoms with Crippen LogP contribution in [0.3, 0.4) is 0 Å². The Hall–Kier alpha value is -0.690. The van der Waals surface area contributed by atoms with Gasteiger partial charge in [0.2, 0.25) is 0 Å². The van der Waals surface area contributed by atoms with Crippen molar-refractivity contribution in [2.45, 2.75) is 44.2 Å². The Kier molecular flexibility index (Phi) is 5.98. The predicted octanol–water partition coefficient (Wildman–Crippen LogP) is 1.51. The van der Waals surface area contributed by atoms with E-state index < -0.39 is 10.2 Å². The number of rotatable bonds is 9. The zero-order valence-electron chi connectivity index (χ0n) is 12.7. The van der Waals surface area contributed by atoms with Gasteiger partial charge in [-0.05, 0) is 25.7 Å². The maximum absolute atomic E-state index is 12.9. The summed E-state index contributed by atoms with van der Waals surface area (Å²) in [6.45, 7) is 9.35. The van der Waals surface area contributed by atoms with Crippen LogP contribution >= 0.6 is 0 Å². The van der Waals surface area contributed by atoms with Crippen molar-refractivity contribution in [3.63, 3.8) is 0 Å². The van der Waals surface area contributed by atoms with E-state index in [1.54, 1.807) is 16.5 Å². The smallest absolute Gasteiger partial charge is 0.282 e. The van der Waals surface area contributed by atoms with Gasteiger partial charge in [-0.15, -0.1) is 13.2 Å². The summed E-state index contributed by atoms with van der Waals surface area (Å²) in [4.78, 5) is 0. The Morgan fingerprint density at radius 3 is 2.38 bits per heavy atom. The molecule has 120 valence electrons. The maximum Gasteiger partial charge on any atom is 0.282 e. The van der Waals surface area contributed by atoms with Crippen LogP contribution in [0.15, 0.2) is 25.3 Å². The molecule has 1 atom stereocenters. The van der Waals surface area contributed by atoms with Crippen molar-refractivity contribution in [1.82, 2.24) is 13.9 Å². The third-order valence-corrected chi connectivity index (χ3v) is 6.10. The fourth-order valence-corrected chi connectivity index (χ4v) is 4.57. The molecule has 5 nitrogen and oxygen atoms in total. The van der Waals surface area contributed by atoms with Crippen LogP contribution < -0.4 is 5.32 Å². The molecule has 0 aromatic rings. The van der Waals surface area contributed by atoms with E-state index in [0.717, 1.165) is 25.8 Å². The van der Waals surface area contributed by atoms with Crippen LogP contribution in [-0.4, -0.2) is 55.3 Å². The molecule has 0 aromatic carbocycles. The minimum Gasteiger partial charge on any atom is -0.312 e. The fraction of sp³-hybridized carbons (Fsp3) is 0.733. The maximum atomic E-state index is 12.9. The summed E-state index contributed by atoms with van der Waals surface area (Å²) in [5.41, 5.74) is 0. The first-order chi connectivity index (χ1) is 10.1. The molecule has 0 amide bonds. The van der Waals surface area contributed by atoms with Crippen LogP contribution in [0, 0.1) is 0 Å². The molecule has 0 radical (unpaired) electrons. The van der Waals surface area contributed by atoms with Crippen LogP contribution in [0.4, 0.5) is 0 Å². The molecule has 1 aliphatic carbocycles. The van der Waals surface area contributed by atoms with Gasteiger partial charge >= 0.3 is 0 Å². The first-order valence-electron chi connectivity index (χ1n) is 7.81. The van der Waals surface area contributed by atoms with Gasteiger partial charge in [-0.2, -0.15) is 17.0 Å². The lowest BCUT2D eigenvalue weighted by Crippen LogP contribution is -2.53. The van der Waals surface area contributed by atoms with E-state index in [1.165, 1.54) is 17.1 Å². The van der Waals surface area contributed by atoms with Gasteiger partial charge in [-0.25, -0.2) is 0 Å². The molecular formula is C15H27N3O2S. The normalized spacial score (nSPS) is 24.1. The number of piperidine rings is 1. The zero-order valence-corrected chi connectivity index (χ0v) is 13.5. The third-order valence-electron chi connectivity index (χ3n) is 4.08. The average Bonchev–Trinajstić information content (AvgIpc) is 3.29. The van der Waals surface area contributed by atoms with E-state index in [2.05, 4.69) is 18.5 Å². The van der Waals surface area contributed by atoms with Crippen molar-refractivity contribution in [2.75, 3.05) is 26.2 Å². The van der Waals surface area contributed by atoms with Crippen LogP contribution in [0.5, 0.6) is 0 Å². The predicted molar refractivity (Wildman–Crippen MR) is 86.3 cm³/mol. The summed E-state index contributed by atoms with van der Waals surface area (Å²) >= 11 is 0. The van der Waals surface area contributed by atoms with Gasteiger partial charge in [0, 0.05) is 38.3 Å². The molecule has 1 saturated carbocycles. The molecule has 1 aliphatic heterocycles. The fourth-order valence-electron chi connectivity index (χ4n) is 2.77. The Morgan fingerprint density at radius 1 is 1.14 bits per heavy atom. The molecule has 1 saturated heterocycles. The lowest BCUT2D eigenvalue weighted by Gasteiger charge is -2.37. The Bertz CT molecular complexity index is 450. The van der Waals surface area contributed by atoms with E-state index in [9.17, 15) is 8.42 Å². The summed E-state index contributed by atoms with van der Waals surface area (Å²) in [6.07, 6.45) is 8.68. The Balaban J connectivity index is 2.08. The summed E-state index contributed by atoms with van der Waals surface area (Å²) in [5.74, 6) is 0. The first-order valence-corrected chi connectivity index (χ1v) is 9.21. The topological polar surface area (TPSA) is 52.7 Å². The minimum atomic E-state index is -3.44. The summed E-state index contributed by atoms with van der Waals surface area (Å²) in [5, 5.41) is 3.47. The van der Waals surface area contributed by atoms with Gasteiger partial charge in [-0.1, -0.05) is 18.6 Å². The SMILES string of the molecule is C=CCN(CC=C)S(=O)(=O)N1CCCCC1CNC1CC1. The molecular weight excluding hydrogens is 286 g/mol. The van der Waals surface area contributed by atoms with Gasteiger partial charge in [0.05, 0.1) is 0 Å². The molecule has 6 heteroatoms. The highest BCUT2D eigenvalue weighted by atomic mass is 32.2. The lowest BCUT2D eigenvalue weighted by atomic mass is 10.1. The van der Waals surface area contributed by atoms with Gasteiger partial charge in [-0.3, -0.25) is 0 Å². The second kappa shape index (κ2) is 7.54. The molecule has 2 fully saturated rings. The van der Waals surface area contributed by atoms with Crippen molar-refractivity contribution >= 4 is 10.2 Å². The van der Waals surface area contributed by atoms with E-state index in [1.807, 2.05) is 0 Å². The van der Waals surface area contributed by atoms with Crippen LogP contribution in [-0.2, 0) is 10.2 Å². The van der Waals surface area contributed by atoms with Crippen molar-refractivity contribution in [2.24, 2.45) is 0 Å². The molecule has 2 aliphatic rings. The molecule has 1 N–H and O–H groups in total. The monoisotopic (exact) mass is 313 g/mol. The molecule has 2 rings (SSSR count). The molecule has 1 heterocycles. The first kappa shape index (κ1) is 16.7. The Morgan fingerprint density at radius 2 is 1.81 bits per heavy atom. The average molecular weight is 313 g/mol. The van der Waals surface area contributed by atoms with E-state index in [0.29, 0.717) is 25.7 Å². The van der Waals surface area contributed by atoms with Gasteiger partial charge in [0.1, 0.15) is 0 Å². The number of hydrogen-bond acceptors (Lipinski definition) is 3.